The Labute approximate surface area is 225 Å². The average Bonchev–Trinajstić information content (AvgIpc) is 2.80. The molecular weight excluding hydrogens is 465 g/mol. The Morgan fingerprint density at radius 3 is 2.53 bits per heavy atom. The van der Waals surface area contributed by atoms with Crippen molar-refractivity contribution in [2.24, 2.45) is 0 Å². The second-order valence-corrected chi connectivity index (χ2v) is 8.43. The third kappa shape index (κ3) is 6.33. The van der Waals surface area contributed by atoms with E-state index in [1.807, 2.05) is 37.3 Å². The van der Waals surface area contributed by atoms with Crippen LogP contribution in [0.5, 0.6) is 17.2 Å². The molecule has 34 heavy (non-hydrogen) atoms. The SMILES string of the molecule is CC(Cc1ccccc1)NC(=O)c1ccc(Oc2cc3c(cc2Cl)C(C(=O)[O-])CCO3)cc1.[Na+]. The smallest absolute Gasteiger partial charge is 0.549 e. The summed E-state index contributed by atoms with van der Waals surface area (Å²) in [4.78, 5) is 23.9. The maximum atomic E-state index is 12.6. The third-order valence-electron chi connectivity index (χ3n) is 5.49. The molecule has 0 bridgehead atoms. The summed E-state index contributed by atoms with van der Waals surface area (Å²) in [6.45, 7) is 2.24. The number of carboxylic acids is 1. The van der Waals surface area contributed by atoms with Crippen LogP contribution < -0.4 is 49.5 Å². The predicted molar refractivity (Wildman–Crippen MR) is 123 cm³/mol. The van der Waals surface area contributed by atoms with Gasteiger partial charge in [0.25, 0.3) is 5.91 Å². The Kier molecular flexibility index (Phi) is 9.03. The number of hydrogen-bond acceptors (Lipinski definition) is 5. The molecule has 1 heterocycles. The van der Waals surface area contributed by atoms with Crippen LogP contribution in [0.15, 0.2) is 66.7 Å². The van der Waals surface area contributed by atoms with Gasteiger partial charge in [-0.1, -0.05) is 41.9 Å². The number of carboxylic acid groups (broad SMARTS) is 1. The predicted octanol–water partition coefficient (Wildman–Crippen LogP) is 1.11. The van der Waals surface area contributed by atoms with Crippen LogP contribution in [-0.4, -0.2) is 24.5 Å². The van der Waals surface area contributed by atoms with Gasteiger partial charge in [-0.25, -0.2) is 0 Å². The summed E-state index contributed by atoms with van der Waals surface area (Å²) in [6.07, 6.45) is 1.07. The number of hydrogen-bond donors (Lipinski definition) is 1. The Balaban J connectivity index is 0.00000324. The molecule has 0 aromatic heterocycles. The van der Waals surface area contributed by atoms with Crippen LogP contribution in [0, 0.1) is 0 Å². The summed E-state index contributed by atoms with van der Waals surface area (Å²) in [6, 6.07) is 19.8. The molecule has 0 radical (unpaired) electrons. The minimum absolute atomic E-state index is 0. The van der Waals surface area contributed by atoms with Crippen molar-refractivity contribution in [3.8, 4) is 17.2 Å². The number of carbonyl (C=O) groups is 2. The van der Waals surface area contributed by atoms with Gasteiger partial charge in [0.1, 0.15) is 17.2 Å². The number of fused-ring (bicyclic) bond motifs is 1. The van der Waals surface area contributed by atoms with Crippen molar-refractivity contribution >= 4 is 23.5 Å². The van der Waals surface area contributed by atoms with E-state index in [0.29, 0.717) is 34.8 Å². The van der Waals surface area contributed by atoms with Crippen molar-refractivity contribution in [2.75, 3.05) is 6.61 Å². The standard InChI is InChI=1S/C26H24ClNO5.Na/c1-16(13-17-5-3-2-4-6-17)28-25(29)18-7-9-19(10-8-18)33-24-15-23-21(14-22(24)27)20(26(30)31)11-12-32-23;/h2-10,14-16,20H,11-13H2,1H3,(H,28,29)(H,30,31);/q;+1/p-1. The van der Waals surface area contributed by atoms with Gasteiger partial charge >= 0.3 is 29.6 Å². The van der Waals surface area contributed by atoms with Crippen molar-refractivity contribution in [3.05, 3.63) is 88.4 Å². The van der Waals surface area contributed by atoms with Crippen LogP contribution in [0.2, 0.25) is 5.02 Å². The van der Waals surface area contributed by atoms with Gasteiger partial charge in [-0.3, -0.25) is 4.79 Å². The monoisotopic (exact) mass is 487 g/mol. The largest absolute Gasteiger partial charge is 1.00 e. The van der Waals surface area contributed by atoms with Crippen LogP contribution in [-0.2, 0) is 11.2 Å². The van der Waals surface area contributed by atoms with Crippen molar-refractivity contribution in [1.29, 1.82) is 0 Å². The summed E-state index contributed by atoms with van der Waals surface area (Å²) < 4.78 is 11.4. The first-order chi connectivity index (χ1) is 15.9. The molecule has 8 heteroatoms. The zero-order chi connectivity index (χ0) is 23.4. The Bertz CT molecular complexity index is 1150. The summed E-state index contributed by atoms with van der Waals surface area (Å²) in [5.74, 6) is -0.850. The van der Waals surface area contributed by atoms with E-state index in [1.54, 1.807) is 36.4 Å². The molecule has 3 aromatic carbocycles. The number of benzene rings is 3. The minimum atomic E-state index is -1.16. The molecule has 0 saturated carbocycles. The van der Waals surface area contributed by atoms with Crippen LogP contribution in [0.25, 0.3) is 0 Å². The van der Waals surface area contributed by atoms with Gasteiger partial charge in [0.05, 0.1) is 11.6 Å². The molecule has 1 N–H and O–H groups in total. The maximum Gasteiger partial charge on any atom is 1.00 e. The quantitative estimate of drug-likeness (QED) is 0.505. The zero-order valence-electron chi connectivity index (χ0n) is 19.0. The van der Waals surface area contributed by atoms with Gasteiger partial charge in [0.15, 0.2) is 0 Å². The fourth-order valence-corrected chi connectivity index (χ4v) is 4.05. The summed E-state index contributed by atoms with van der Waals surface area (Å²) in [7, 11) is 0. The van der Waals surface area contributed by atoms with Crippen molar-refractivity contribution in [2.45, 2.75) is 31.7 Å². The van der Waals surface area contributed by atoms with Crippen molar-refractivity contribution in [3.63, 3.8) is 0 Å². The van der Waals surface area contributed by atoms with E-state index in [4.69, 9.17) is 21.1 Å². The summed E-state index contributed by atoms with van der Waals surface area (Å²) in [5, 5.41) is 14.6. The number of ether oxygens (including phenoxy) is 2. The minimum Gasteiger partial charge on any atom is -0.549 e. The number of carbonyl (C=O) groups excluding carboxylic acids is 2. The molecule has 1 aliphatic rings. The normalized spacial score (nSPS) is 15.2. The summed E-state index contributed by atoms with van der Waals surface area (Å²) in [5.41, 5.74) is 2.15. The van der Waals surface area contributed by atoms with E-state index in [0.717, 1.165) is 12.0 Å². The molecule has 6 nitrogen and oxygen atoms in total. The number of rotatable bonds is 7. The molecule has 4 rings (SSSR count). The first kappa shape index (κ1) is 26.1. The van der Waals surface area contributed by atoms with Gasteiger partial charge in [-0.2, -0.15) is 0 Å². The van der Waals surface area contributed by atoms with Crippen LogP contribution in [0.4, 0.5) is 0 Å². The van der Waals surface area contributed by atoms with E-state index in [-0.39, 0.29) is 53.1 Å². The first-order valence-corrected chi connectivity index (χ1v) is 11.1. The van der Waals surface area contributed by atoms with E-state index < -0.39 is 11.9 Å². The molecule has 170 valence electrons. The molecule has 0 saturated heterocycles. The molecular formula is C26H23ClNNaO5. The molecule has 0 aliphatic carbocycles. The Hall–Kier alpha value is -2.51. The van der Waals surface area contributed by atoms with Gasteiger partial charge in [0, 0.05) is 35.1 Å². The topological polar surface area (TPSA) is 87.7 Å². The molecule has 0 fully saturated rings. The number of nitrogens with one attached hydrogen (secondary N) is 1. The van der Waals surface area contributed by atoms with E-state index >= 15 is 0 Å². The van der Waals surface area contributed by atoms with Gasteiger partial charge in [0.2, 0.25) is 0 Å². The fourth-order valence-electron chi connectivity index (χ4n) is 3.84. The van der Waals surface area contributed by atoms with Gasteiger partial charge in [-0.05, 0) is 55.7 Å². The molecule has 2 atom stereocenters. The van der Waals surface area contributed by atoms with Gasteiger partial charge < -0.3 is 24.7 Å². The summed E-state index contributed by atoms with van der Waals surface area (Å²) >= 11 is 6.33. The molecule has 2 unspecified atom stereocenters. The van der Waals surface area contributed by atoms with Crippen molar-refractivity contribution < 1.29 is 53.7 Å². The Morgan fingerprint density at radius 1 is 1.15 bits per heavy atom. The Morgan fingerprint density at radius 2 is 1.85 bits per heavy atom. The molecule has 3 aromatic rings. The van der Waals surface area contributed by atoms with Crippen LogP contribution >= 0.6 is 11.6 Å². The third-order valence-corrected chi connectivity index (χ3v) is 5.79. The van der Waals surface area contributed by atoms with E-state index in [1.165, 1.54) is 0 Å². The number of aliphatic carboxylic acids is 1. The van der Waals surface area contributed by atoms with E-state index in [9.17, 15) is 14.7 Å². The van der Waals surface area contributed by atoms with Crippen molar-refractivity contribution in [1.82, 2.24) is 5.32 Å². The second-order valence-electron chi connectivity index (χ2n) is 8.02. The van der Waals surface area contributed by atoms with E-state index in [2.05, 4.69) is 5.32 Å². The average molecular weight is 488 g/mol. The molecule has 1 aliphatic heterocycles. The second kappa shape index (κ2) is 11.8. The number of amides is 1. The molecule has 1 amide bonds. The molecule has 0 spiro atoms. The number of halogens is 1. The maximum absolute atomic E-state index is 12.6. The first-order valence-electron chi connectivity index (χ1n) is 10.7. The van der Waals surface area contributed by atoms with Gasteiger partial charge in [-0.15, -0.1) is 0 Å². The van der Waals surface area contributed by atoms with Crippen LogP contribution in [0.3, 0.4) is 0 Å². The zero-order valence-corrected chi connectivity index (χ0v) is 21.8. The fraction of sp³-hybridized carbons (Fsp3) is 0.231. The van der Waals surface area contributed by atoms with Crippen LogP contribution in [0.1, 0.15) is 40.7 Å².